The van der Waals surface area contributed by atoms with E-state index in [-0.39, 0.29) is 36.2 Å². The third-order valence-electron chi connectivity index (χ3n) is 2.87. The summed E-state index contributed by atoms with van der Waals surface area (Å²) in [6.45, 7) is 0.266. The number of phenolic OH excluding ortho intramolecular Hbond substituents is 1. The molecule has 0 bridgehead atoms. The molecule has 0 aliphatic heterocycles. The molecule has 1 aromatic carbocycles. The highest BCUT2D eigenvalue weighted by atomic mass is 16.3. The van der Waals surface area contributed by atoms with Gasteiger partial charge in [0.05, 0.1) is 5.69 Å². The molecule has 102 valence electrons. The number of nitrogen functional groups attached to an aromatic ring is 1. The number of carbonyl (C=O) groups excluding carboxylic acids is 2. The van der Waals surface area contributed by atoms with Gasteiger partial charge >= 0.3 is 0 Å². The molecule has 6 heteroatoms. The Morgan fingerprint density at radius 2 is 2.11 bits per heavy atom. The lowest BCUT2D eigenvalue weighted by atomic mass is 10.2. The highest BCUT2D eigenvalue weighted by Crippen LogP contribution is 2.20. The summed E-state index contributed by atoms with van der Waals surface area (Å²) in [5, 5.41) is 14.9. The van der Waals surface area contributed by atoms with E-state index in [9.17, 15) is 14.7 Å². The number of hydrogen-bond donors (Lipinski definition) is 4. The molecule has 0 spiro atoms. The van der Waals surface area contributed by atoms with Crippen LogP contribution in [0.3, 0.4) is 0 Å². The lowest BCUT2D eigenvalue weighted by Crippen LogP contribution is -2.31. The molecule has 1 saturated carbocycles. The van der Waals surface area contributed by atoms with Crippen molar-refractivity contribution < 1.29 is 14.7 Å². The fourth-order valence-corrected chi connectivity index (χ4v) is 1.60. The van der Waals surface area contributed by atoms with Crippen LogP contribution in [0.25, 0.3) is 0 Å². The van der Waals surface area contributed by atoms with E-state index >= 15 is 0 Å². The third kappa shape index (κ3) is 3.87. The summed E-state index contributed by atoms with van der Waals surface area (Å²) >= 11 is 0. The summed E-state index contributed by atoms with van der Waals surface area (Å²) in [5.74, 6) is -0.517. The molecule has 1 fully saturated rings. The highest BCUT2D eigenvalue weighted by Gasteiger charge is 2.22. The first kappa shape index (κ1) is 13.2. The Balaban J connectivity index is 1.76. The Morgan fingerprint density at radius 3 is 2.74 bits per heavy atom. The number of carbonyl (C=O) groups is 2. The Hall–Kier alpha value is -2.24. The Morgan fingerprint density at radius 1 is 1.37 bits per heavy atom. The van der Waals surface area contributed by atoms with Crippen LogP contribution in [-0.2, 0) is 4.79 Å². The lowest BCUT2D eigenvalue weighted by Gasteiger charge is -2.07. The van der Waals surface area contributed by atoms with Crippen LogP contribution in [0.5, 0.6) is 5.75 Å². The van der Waals surface area contributed by atoms with Crippen molar-refractivity contribution in [3.05, 3.63) is 23.8 Å². The van der Waals surface area contributed by atoms with Gasteiger partial charge in [0.2, 0.25) is 5.91 Å². The second kappa shape index (κ2) is 5.60. The van der Waals surface area contributed by atoms with Gasteiger partial charge in [-0.1, -0.05) is 0 Å². The minimum absolute atomic E-state index is 0.0528. The fraction of sp³-hybridized carbons (Fsp3) is 0.385. The van der Waals surface area contributed by atoms with Gasteiger partial charge in [-0.3, -0.25) is 9.59 Å². The molecule has 0 aromatic heterocycles. The van der Waals surface area contributed by atoms with Crippen LogP contribution in [0.2, 0.25) is 0 Å². The molecule has 5 N–H and O–H groups in total. The van der Waals surface area contributed by atoms with E-state index in [2.05, 4.69) is 10.6 Å². The second-order valence-electron chi connectivity index (χ2n) is 4.62. The molecular weight excluding hydrogens is 246 g/mol. The predicted molar refractivity (Wildman–Crippen MR) is 70.6 cm³/mol. The minimum atomic E-state index is -0.338. The highest BCUT2D eigenvalue weighted by molar-refractivity contribution is 5.95. The fourth-order valence-electron chi connectivity index (χ4n) is 1.60. The molecular formula is C13H17N3O3. The van der Waals surface area contributed by atoms with Crippen molar-refractivity contribution >= 4 is 17.5 Å². The topological polar surface area (TPSA) is 104 Å². The van der Waals surface area contributed by atoms with E-state index in [1.165, 1.54) is 18.2 Å². The number of aromatic hydroxyl groups is 1. The van der Waals surface area contributed by atoms with Crippen molar-refractivity contribution in [3.8, 4) is 5.75 Å². The summed E-state index contributed by atoms with van der Waals surface area (Å²) in [7, 11) is 0. The van der Waals surface area contributed by atoms with Gasteiger partial charge < -0.3 is 21.5 Å². The predicted octanol–water partition coefficient (Wildman–Crippen LogP) is 0.373. The minimum Gasteiger partial charge on any atom is -0.506 e. The van der Waals surface area contributed by atoms with Crippen molar-refractivity contribution in [3.63, 3.8) is 0 Å². The zero-order valence-electron chi connectivity index (χ0n) is 10.5. The quantitative estimate of drug-likeness (QED) is 0.455. The Kier molecular flexibility index (Phi) is 3.89. The van der Waals surface area contributed by atoms with Crippen molar-refractivity contribution in [1.29, 1.82) is 0 Å². The van der Waals surface area contributed by atoms with Crippen molar-refractivity contribution in [2.75, 3.05) is 12.3 Å². The normalized spacial score (nSPS) is 13.9. The molecule has 0 radical (unpaired) electrons. The van der Waals surface area contributed by atoms with Gasteiger partial charge in [-0.25, -0.2) is 0 Å². The molecule has 0 saturated heterocycles. The van der Waals surface area contributed by atoms with Gasteiger partial charge in [0.15, 0.2) is 0 Å². The number of rotatable bonds is 5. The van der Waals surface area contributed by atoms with Gasteiger partial charge in [-0.15, -0.1) is 0 Å². The molecule has 0 atom stereocenters. The van der Waals surface area contributed by atoms with Gasteiger partial charge in [0, 0.05) is 24.6 Å². The summed E-state index contributed by atoms with van der Waals surface area (Å²) in [5.41, 5.74) is 5.98. The maximum Gasteiger partial charge on any atom is 0.251 e. The summed E-state index contributed by atoms with van der Waals surface area (Å²) < 4.78 is 0. The number of anilines is 1. The number of nitrogens with one attached hydrogen (secondary N) is 2. The number of amides is 2. The van der Waals surface area contributed by atoms with E-state index in [4.69, 9.17) is 5.73 Å². The number of phenols is 1. The second-order valence-corrected chi connectivity index (χ2v) is 4.62. The molecule has 1 aliphatic carbocycles. The average molecular weight is 263 g/mol. The van der Waals surface area contributed by atoms with Crippen molar-refractivity contribution in [1.82, 2.24) is 10.6 Å². The van der Waals surface area contributed by atoms with Crippen LogP contribution in [0, 0.1) is 0 Å². The average Bonchev–Trinajstić information content (AvgIpc) is 3.16. The monoisotopic (exact) mass is 263 g/mol. The van der Waals surface area contributed by atoms with Crippen LogP contribution in [0.15, 0.2) is 18.2 Å². The van der Waals surface area contributed by atoms with E-state index in [0.717, 1.165) is 12.8 Å². The lowest BCUT2D eigenvalue weighted by molar-refractivity contribution is -0.121. The van der Waals surface area contributed by atoms with Crippen molar-refractivity contribution in [2.45, 2.75) is 25.3 Å². The van der Waals surface area contributed by atoms with Crippen LogP contribution < -0.4 is 16.4 Å². The Bertz CT molecular complexity index is 498. The molecule has 1 aromatic rings. The summed E-state index contributed by atoms with van der Waals surface area (Å²) in [4.78, 5) is 23.1. The van der Waals surface area contributed by atoms with Gasteiger partial charge in [-0.05, 0) is 31.0 Å². The molecule has 0 heterocycles. The summed E-state index contributed by atoms with van der Waals surface area (Å²) in [6, 6.07) is 4.62. The molecule has 19 heavy (non-hydrogen) atoms. The zero-order valence-corrected chi connectivity index (χ0v) is 10.5. The van der Waals surface area contributed by atoms with E-state index < -0.39 is 0 Å². The zero-order chi connectivity index (χ0) is 13.8. The first-order valence-electron chi connectivity index (χ1n) is 6.22. The molecule has 2 rings (SSSR count). The maximum absolute atomic E-state index is 11.7. The van der Waals surface area contributed by atoms with Gasteiger partial charge in [0.1, 0.15) is 5.75 Å². The Labute approximate surface area is 111 Å². The van der Waals surface area contributed by atoms with Crippen LogP contribution in [0.1, 0.15) is 29.6 Å². The standard InChI is InChI=1S/C13H17N3O3/c14-10-4-1-8(7-11(10)17)13(19)15-6-5-12(18)16-9-2-3-9/h1,4,7,9,17H,2-3,5-6,14H2,(H,15,19)(H,16,18). The molecule has 0 unspecified atom stereocenters. The largest absolute Gasteiger partial charge is 0.506 e. The van der Waals surface area contributed by atoms with Crippen LogP contribution >= 0.6 is 0 Å². The van der Waals surface area contributed by atoms with Crippen LogP contribution in [-0.4, -0.2) is 29.5 Å². The van der Waals surface area contributed by atoms with Crippen molar-refractivity contribution in [2.24, 2.45) is 0 Å². The SMILES string of the molecule is Nc1ccc(C(=O)NCCC(=O)NC2CC2)cc1O. The van der Waals surface area contributed by atoms with Gasteiger partial charge in [-0.2, -0.15) is 0 Å². The van der Waals surface area contributed by atoms with E-state index in [1.54, 1.807) is 0 Å². The van der Waals surface area contributed by atoms with Gasteiger partial charge in [0.25, 0.3) is 5.91 Å². The number of benzene rings is 1. The number of hydrogen-bond acceptors (Lipinski definition) is 4. The maximum atomic E-state index is 11.7. The third-order valence-corrected chi connectivity index (χ3v) is 2.87. The molecule has 1 aliphatic rings. The number of nitrogens with two attached hydrogens (primary N) is 1. The molecule has 6 nitrogen and oxygen atoms in total. The van der Waals surface area contributed by atoms with E-state index in [1.807, 2.05) is 0 Å². The first-order chi connectivity index (χ1) is 9.06. The smallest absolute Gasteiger partial charge is 0.251 e. The van der Waals surface area contributed by atoms with Crippen LogP contribution in [0.4, 0.5) is 5.69 Å². The molecule has 2 amide bonds. The summed E-state index contributed by atoms with van der Waals surface area (Å²) in [6.07, 6.45) is 2.34. The first-order valence-corrected chi connectivity index (χ1v) is 6.22. The van der Waals surface area contributed by atoms with E-state index in [0.29, 0.717) is 11.6 Å².